The third kappa shape index (κ3) is 4.45. The molecule has 3 rings (SSSR count). The van der Waals surface area contributed by atoms with E-state index in [1.54, 1.807) is 0 Å². The summed E-state index contributed by atoms with van der Waals surface area (Å²) in [4.78, 5) is 2.60. The van der Waals surface area contributed by atoms with Gasteiger partial charge in [-0.15, -0.1) is 0 Å². The summed E-state index contributed by atoms with van der Waals surface area (Å²) >= 11 is 0. The summed E-state index contributed by atoms with van der Waals surface area (Å²) < 4.78 is 6.61. The first-order valence-corrected chi connectivity index (χ1v) is 12.7. The smallest absolute Gasteiger partial charge is 0.192 e. The van der Waals surface area contributed by atoms with Gasteiger partial charge in [-0.2, -0.15) is 0 Å². The third-order valence-corrected chi connectivity index (χ3v) is 10.6. The maximum absolute atomic E-state index is 6.61. The van der Waals surface area contributed by atoms with Crippen molar-refractivity contribution < 1.29 is 4.43 Å². The standard InChI is InChI=1S/C23H33NOSi/c1-23(2,3)26(4,5)25-18-22-15-20-13-9-10-14-21(20)17-24(22)16-19-11-7-6-8-12-19/h6-14,22H,15-18H2,1-5H3/t22-/m1/s1. The van der Waals surface area contributed by atoms with Crippen molar-refractivity contribution in [3.8, 4) is 0 Å². The second-order valence-electron chi connectivity index (χ2n) is 9.09. The summed E-state index contributed by atoms with van der Waals surface area (Å²) in [6, 6.07) is 20.1. The number of hydrogen-bond donors (Lipinski definition) is 0. The first kappa shape index (κ1) is 19.3. The van der Waals surface area contributed by atoms with Crippen LogP contribution in [0.3, 0.4) is 0 Å². The van der Waals surface area contributed by atoms with Crippen LogP contribution in [-0.2, 0) is 23.9 Å². The Balaban J connectivity index is 1.77. The minimum atomic E-state index is -1.73. The zero-order valence-electron chi connectivity index (χ0n) is 17.0. The van der Waals surface area contributed by atoms with Crippen LogP contribution in [0, 0.1) is 0 Å². The lowest BCUT2D eigenvalue weighted by atomic mass is 9.94. The van der Waals surface area contributed by atoms with Crippen LogP contribution in [0.5, 0.6) is 0 Å². The second kappa shape index (κ2) is 7.67. The molecule has 3 heteroatoms. The Hall–Kier alpha value is -1.42. The molecule has 2 aromatic rings. The topological polar surface area (TPSA) is 12.5 Å². The van der Waals surface area contributed by atoms with Crippen molar-refractivity contribution in [2.45, 2.75) is 64.5 Å². The number of rotatable bonds is 5. The van der Waals surface area contributed by atoms with E-state index < -0.39 is 8.32 Å². The molecular formula is C23H33NOSi. The van der Waals surface area contributed by atoms with Gasteiger partial charge in [0, 0.05) is 25.7 Å². The van der Waals surface area contributed by atoms with Crippen LogP contribution in [0.2, 0.25) is 18.1 Å². The van der Waals surface area contributed by atoms with Crippen molar-refractivity contribution in [3.63, 3.8) is 0 Å². The SMILES string of the molecule is CC(C)(C)[Si](C)(C)OC[C@H]1Cc2ccccc2CN1Cc1ccccc1. The quantitative estimate of drug-likeness (QED) is 0.635. The average Bonchev–Trinajstić information content (AvgIpc) is 2.60. The van der Waals surface area contributed by atoms with Crippen LogP contribution in [0.25, 0.3) is 0 Å². The molecule has 0 bridgehead atoms. The Morgan fingerprint density at radius 3 is 2.23 bits per heavy atom. The Morgan fingerprint density at radius 1 is 0.962 bits per heavy atom. The lowest BCUT2D eigenvalue weighted by Gasteiger charge is -2.41. The summed E-state index contributed by atoms with van der Waals surface area (Å²) in [5.74, 6) is 0. The summed E-state index contributed by atoms with van der Waals surface area (Å²) in [5, 5.41) is 0.254. The van der Waals surface area contributed by atoms with Crippen molar-refractivity contribution in [1.82, 2.24) is 4.90 Å². The van der Waals surface area contributed by atoms with Crippen molar-refractivity contribution >= 4 is 8.32 Å². The summed E-state index contributed by atoms with van der Waals surface area (Å²) in [7, 11) is -1.73. The van der Waals surface area contributed by atoms with Crippen molar-refractivity contribution in [2.75, 3.05) is 6.61 Å². The van der Waals surface area contributed by atoms with Crippen LogP contribution in [0.15, 0.2) is 54.6 Å². The van der Waals surface area contributed by atoms with Crippen LogP contribution >= 0.6 is 0 Å². The van der Waals surface area contributed by atoms with E-state index in [1.165, 1.54) is 16.7 Å². The zero-order chi connectivity index (χ0) is 18.8. The van der Waals surface area contributed by atoms with Gasteiger partial charge in [0.25, 0.3) is 0 Å². The molecule has 0 unspecified atom stereocenters. The normalized spacial score (nSPS) is 18.6. The highest BCUT2D eigenvalue weighted by molar-refractivity contribution is 6.74. The van der Waals surface area contributed by atoms with Crippen LogP contribution in [0.4, 0.5) is 0 Å². The van der Waals surface area contributed by atoms with Gasteiger partial charge in [0.2, 0.25) is 0 Å². The lowest BCUT2D eigenvalue weighted by molar-refractivity contribution is 0.103. The highest BCUT2D eigenvalue weighted by Crippen LogP contribution is 2.37. The van der Waals surface area contributed by atoms with Crippen molar-refractivity contribution in [1.29, 1.82) is 0 Å². The fourth-order valence-electron chi connectivity index (χ4n) is 3.33. The number of hydrogen-bond acceptors (Lipinski definition) is 2. The maximum atomic E-state index is 6.61. The molecule has 2 aromatic carbocycles. The molecule has 0 N–H and O–H groups in total. The van der Waals surface area contributed by atoms with E-state index in [0.29, 0.717) is 6.04 Å². The van der Waals surface area contributed by atoms with Gasteiger partial charge >= 0.3 is 0 Å². The molecule has 1 aliphatic heterocycles. The predicted molar refractivity (Wildman–Crippen MR) is 113 cm³/mol. The summed E-state index contributed by atoms with van der Waals surface area (Å²) in [5.41, 5.74) is 4.33. The van der Waals surface area contributed by atoms with E-state index in [0.717, 1.165) is 26.1 Å². The van der Waals surface area contributed by atoms with Crippen molar-refractivity contribution in [2.24, 2.45) is 0 Å². The fraction of sp³-hybridized carbons (Fsp3) is 0.478. The number of nitrogens with zero attached hydrogens (tertiary/aromatic N) is 1. The van der Waals surface area contributed by atoms with Gasteiger partial charge in [-0.25, -0.2) is 0 Å². The number of benzene rings is 2. The molecule has 2 nitrogen and oxygen atoms in total. The Morgan fingerprint density at radius 2 is 1.58 bits per heavy atom. The maximum Gasteiger partial charge on any atom is 0.192 e. The minimum Gasteiger partial charge on any atom is -0.415 e. The minimum absolute atomic E-state index is 0.254. The van der Waals surface area contributed by atoms with Gasteiger partial charge in [-0.3, -0.25) is 4.90 Å². The van der Waals surface area contributed by atoms with Gasteiger partial charge < -0.3 is 4.43 Å². The average molecular weight is 368 g/mol. The van der Waals surface area contributed by atoms with E-state index in [2.05, 4.69) is 93.4 Å². The van der Waals surface area contributed by atoms with Gasteiger partial charge in [-0.05, 0) is 41.2 Å². The largest absolute Gasteiger partial charge is 0.415 e. The van der Waals surface area contributed by atoms with E-state index >= 15 is 0 Å². The molecule has 0 radical (unpaired) electrons. The highest BCUT2D eigenvalue weighted by Gasteiger charge is 2.38. The molecular weight excluding hydrogens is 334 g/mol. The molecule has 0 amide bonds. The molecule has 1 atom stereocenters. The monoisotopic (exact) mass is 367 g/mol. The first-order valence-electron chi connectivity index (χ1n) is 9.75. The summed E-state index contributed by atoms with van der Waals surface area (Å²) in [6.45, 7) is 14.5. The van der Waals surface area contributed by atoms with Gasteiger partial charge in [0.1, 0.15) is 0 Å². The molecule has 140 valence electrons. The molecule has 0 saturated carbocycles. The number of fused-ring (bicyclic) bond motifs is 1. The third-order valence-electron chi connectivity index (χ3n) is 6.13. The van der Waals surface area contributed by atoms with Crippen LogP contribution in [0.1, 0.15) is 37.5 Å². The molecule has 0 fully saturated rings. The lowest BCUT2D eigenvalue weighted by Crippen LogP contribution is -2.48. The Labute approximate surface area is 160 Å². The van der Waals surface area contributed by atoms with E-state index in [4.69, 9.17) is 4.43 Å². The zero-order valence-corrected chi connectivity index (χ0v) is 18.0. The molecule has 1 aliphatic rings. The van der Waals surface area contributed by atoms with Crippen LogP contribution in [-0.4, -0.2) is 25.9 Å². The van der Waals surface area contributed by atoms with Crippen LogP contribution < -0.4 is 0 Å². The van der Waals surface area contributed by atoms with Gasteiger partial charge in [-0.1, -0.05) is 75.4 Å². The van der Waals surface area contributed by atoms with E-state index in [9.17, 15) is 0 Å². The van der Waals surface area contributed by atoms with E-state index in [-0.39, 0.29) is 5.04 Å². The highest BCUT2D eigenvalue weighted by atomic mass is 28.4. The Kier molecular flexibility index (Phi) is 5.71. The molecule has 26 heavy (non-hydrogen) atoms. The Bertz CT molecular complexity index is 720. The second-order valence-corrected chi connectivity index (χ2v) is 13.9. The summed E-state index contributed by atoms with van der Waals surface area (Å²) in [6.07, 6.45) is 1.08. The molecule has 0 spiro atoms. The molecule has 0 aliphatic carbocycles. The first-order chi connectivity index (χ1) is 12.3. The van der Waals surface area contributed by atoms with E-state index in [1.807, 2.05) is 0 Å². The molecule has 0 saturated heterocycles. The molecule has 0 aromatic heterocycles. The molecule has 1 heterocycles. The van der Waals surface area contributed by atoms with Gasteiger partial charge in [0.05, 0.1) is 0 Å². The fourth-order valence-corrected chi connectivity index (χ4v) is 4.37. The predicted octanol–water partition coefficient (Wildman–Crippen LogP) is 5.64. The van der Waals surface area contributed by atoms with Crippen molar-refractivity contribution in [3.05, 3.63) is 71.3 Å². The van der Waals surface area contributed by atoms with Gasteiger partial charge in [0.15, 0.2) is 8.32 Å².